The quantitative estimate of drug-likeness (QED) is 0.101. The maximum Gasteiger partial charge on any atom is 1.00 e. The molecule has 0 atom stereocenters. The molecule has 0 aliphatic heterocycles. The van der Waals surface area contributed by atoms with Crippen LogP contribution in [0.2, 0.25) is 0 Å². The van der Waals surface area contributed by atoms with Crippen LogP contribution in [0.25, 0.3) is 0 Å². The number of hydrogen-bond acceptors (Lipinski definition) is 9. The van der Waals surface area contributed by atoms with Gasteiger partial charge in [-0.15, -0.1) is 0 Å². The average molecular weight is 426 g/mol. The predicted molar refractivity (Wildman–Crippen MR) is 61.5 cm³/mol. The third kappa shape index (κ3) is 49.7. The van der Waals surface area contributed by atoms with E-state index in [0.29, 0.717) is 0 Å². The van der Waals surface area contributed by atoms with Crippen molar-refractivity contribution in [1.82, 2.24) is 0 Å². The SMILES string of the molecule is C=C(CC(=O)O)C(=O)O.O=C(O)CC(=O)C(=O)O.O=P([O-])([O-])[O-].[Na+].[Na+].[Na+]. The van der Waals surface area contributed by atoms with Crippen molar-refractivity contribution in [2.45, 2.75) is 12.8 Å². The summed E-state index contributed by atoms with van der Waals surface area (Å²) >= 11 is 0. The van der Waals surface area contributed by atoms with Crippen LogP contribution in [0.15, 0.2) is 12.2 Å². The number of carboxylic acids is 4. The van der Waals surface area contributed by atoms with E-state index in [4.69, 9.17) is 39.7 Å². The van der Waals surface area contributed by atoms with Crippen LogP contribution in [0.5, 0.6) is 0 Å². The number of phosphoric acid groups is 1. The second-order valence-corrected chi connectivity index (χ2v) is 4.12. The summed E-state index contributed by atoms with van der Waals surface area (Å²) in [4.78, 5) is 74.5. The fourth-order valence-electron chi connectivity index (χ4n) is 0.471. The van der Waals surface area contributed by atoms with Crippen molar-refractivity contribution in [1.29, 1.82) is 0 Å². The van der Waals surface area contributed by atoms with Crippen LogP contribution >= 0.6 is 7.82 Å². The standard InChI is InChI=1S/C5H6O4.C4H4O5.3Na.H3O4P/c1-3(5(8)9)2-4(6)7;5-2(4(8)9)1-3(6)7;;;;1-5(2,3)4/h1-2H2,(H,6,7)(H,8,9);1H2,(H,6,7)(H,8,9);;;;(H3,1,2,3,4)/q;;3*+1;/p-3. The first-order chi connectivity index (χ1) is 10.1. The summed E-state index contributed by atoms with van der Waals surface area (Å²) in [7, 11) is -5.39. The fourth-order valence-corrected chi connectivity index (χ4v) is 0.471. The van der Waals surface area contributed by atoms with Gasteiger partial charge in [0.25, 0.3) is 5.78 Å². The minimum Gasteiger partial charge on any atom is -0.822 e. The Morgan fingerprint density at radius 3 is 1.08 bits per heavy atom. The molecule has 0 amide bonds. The summed E-state index contributed by atoms with van der Waals surface area (Å²) in [6.07, 6.45) is -1.45. The van der Waals surface area contributed by atoms with Gasteiger partial charge in [-0.05, 0) is 0 Å². The van der Waals surface area contributed by atoms with Gasteiger partial charge in [-0.25, -0.2) is 9.59 Å². The van der Waals surface area contributed by atoms with Gasteiger partial charge in [0, 0.05) is 5.57 Å². The Kier molecular flexibility index (Phi) is 34.2. The van der Waals surface area contributed by atoms with Crippen LogP contribution in [0.4, 0.5) is 0 Å². The zero-order chi connectivity index (χ0) is 19.4. The van der Waals surface area contributed by atoms with Crippen molar-refractivity contribution in [3.63, 3.8) is 0 Å². The molecule has 0 saturated carbocycles. The number of carbonyl (C=O) groups is 5. The fraction of sp³-hybridized carbons (Fsp3) is 0.222. The van der Waals surface area contributed by atoms with Gasteiger partial charge in [-0.1, -0.05) is 6.58 Å². The van der Waals surface area contributed by atoms with E-state index in [9.17, 15) is 24.0 Å². The molecule has 0 radical (unpaired) electrons. The molecule has 0 spiro atoms. The number of carbonyl (C=O) groups excluding carboxylic acids is 1. The molecule has 0 aromatic carbocycles. The van der Waals surface area contributed by atoms with Crippen LogP contribution in [-0.4, -0.2) is 50.1 Å². The van der Waals surface area contributed by atoms with Gasteiger partial charge in [-0.2, -0.15) is 7.82 Å². The molecule has 0 bridgehead atoms. The van der Waals surface area contributed by atoms with Crippen molar-refractivity contribution in [2.24, 2.45) is 0 Å². The molecule has 0 aliphatic rings. The molecule has 0 rings (SSSR count). The maximum atomic E-state index is 9.97. The zero-order valence-electron chi connectivity index (χ0n) is 14.0. The molecule has 0 fully saturated rings. The first-order valence-electron chi connectivity index (χ1n) is 4.91. The number of Topliss-reactive ketones (excluding diaryl/α,β-unsaturated/α-hetero) is 1. The van der Waals surface area contributed by atoms with E-state index in [-0.39, 0.29) is 94.2 Å². The summed E-state index contributed by atoms with van der Waals surface area (Å²) in [6.45, 7) is 3.01. The summed E-state index contributed by atoms with van der Waals surface area (Å²) in [5.74, 6) is -6.89. The van der Waals surface area contributed by atoms with Crippen LogP contribution in [0.1, 0.15) is 12.8 Å². The average Bonchev–Trinajstić information content (AvgIpc) is 2.25. The van der Waals surface area contributed by atoms with Gasteiger partial charge in [0.2, 0.25) is 0 Å². The normalized spacial score (nSPS) is 8.12. The van der Waals surface area contributed by atoms with Crippen molar-refractivity contribution >= 4 is 37.5 Å². The van der Waals surface area contributed by atoms with Crippen molar-refractivity contribution < 1.29 is 152 Å². The first-order valence-corrected chi connectivity index (χ1v) is 6.37. The molecular weight excluding hydrogens is 416 g/mol. The van der Waals surface area contributed by atoms with Gasteiger partial charge in [0.1, 0.15) is 6.42 Å². The van der Waals surface area contributed by atoms with Crippen LogP contribution in [0.3, 0.4) is 0 Å². The second-order valence-electron chi connectivity index (χ2n) is 3.23. The summed E-state index contributed by atoms with van der Waals surface area (Å²) in [5.41, 5.74) is -0.303. The predicted octanol–water partition coefficient (Wildman–Crippen LogP) is -12.6. The van der Waals surface area contributed by atoms with E-state index < -0.39 is 50.3 Å². The maximum absolute atomic E-state index is 9.97. The Bertz CT molecular complexity index is 495. The monoisotopic (exact) mass is 426 g/mol. The molecule has 0 saturated heterocycles. The van der Waals surface area contributed by atoms with Crippen molar-refractivity contribution in [3.8, 4) is 0 Å². The molecule has 17 heteroatoms. The minimum absolute atomic E-state index is 0. The molecule has 132 valence electrons. The molecule has 4 N–H and O–H groups in total. The zero-order valence-corrected chi connectivity index (χ0v) is 20.9. The Balaban J connectivity index is -0.0000000566. The number of carboxylic acid groups (broad SMARTS) is 4. The largest absolute Gasteiger partial charge is 1.00 e. The Morgan fingerprint density at radius 2 is 1.00 bits per heavy atom. The molecule has 0 aromatic heterocycles. The molecule has 0 unspecified atom stereocenters. The Labute approximate surface area is 212 Å². The van der Waals surface area contributed by atoms with Crippen molar-refractivity contribution in [2.75, 3.05) is 0 Å². The van der Waals surface area contributed by atoms with E-state index >= 15 is 0 Å². The number of aliphatic carboxylic acids is 4. The third-order valence-electron chi connectivity index (χ3n) is 1.22. The summed E-state index contributed by atoms with van der Waals surface area (Å²) < 4.78 is 8.55. The van der Waals surface area contributed by atoms with Crippen LogP contribution in [0, 0.1) is 0 Å². The van der Waals surface area contributed by atoms with E-state index in [1.165, 1.54) is 0 Å². The number of hydrogen-bond donors (Lipinski definition) is 4. The van der Waals surface area contributed by atoms with Gasteiger partial charge in [0.15, 0.2) is 0 Å². The van der Waals surface area contributed by atoms with E-state index in [1.807, 2.05) is 0 Å². The molecular formula is C9H10Na3O13P. The third-order valence-corrected chi connectivity index (χ3v) is 1.22. The van der Waals surface area contributed by atoms with Gasteiger partial charge in [-0.3, -0.25) is 14.4 Å². The van der Waals surface area contributed by atoms with Crippen LogP contribution in [-0.2, 0) is 28.5 Å². The summed E-state index contributed by atoms with van der Waals surface area (Å²) in [6, 6.07) is 0. The van der Waals surface area contributed by atoms with Crippen molar-refractivity contribution in [3.05, 3.63) is 12.2 Å². The minimum atomic E-state index is -5.39. The molecule has 26 heavy (non-hydrogen) atoms. The van der Waals surface area contributed by atoms with Gasteiger partial charge < -0.3 is 39.7 Å². The van der Waals surface area contributed by atoms with Crippen LogP contribution < -0.4 is 103 Å². The number of rotatable bonds is 6. The molecule has 0 aromatic rings. The van der Waals surface area contributed by atoms with E-state index in [1.54, 1.807) is 0 Å². The second kappa shape index (κ2) is 21.7. The topological polar surface area (TPSA) is 253 Å². The van der Waals surface area contributed by atoms with Gasteiger partial charge >= 0.3 is 113 Å². The Hall–Kier alpha value is 0.400. The molecule has 0 aliphatic carbocycles. The van der Waals surface area contributed by atoms with E-state index in [2.05, 4.69) is 6.58 Å². The Morgan fingerprint density at radius 1 is 0.731 bits per heavy atom. The molecule has 0 heterocycles. The summed E-state index contributed by atoms with van der Waals surface area (Å²) in [5, 5.41) is 31.7. The van der Waals surface area contributed by atoms with Gasteiger partial charge in [0.05, 0.1) is 6.42 Å². The molecule has 13 nitrogen and oxygen atoms in total. The van der Waals surface area contributed by atoms with E-state index in [0.717, 1.165) is 0 Å². The first kappa shape index (κ1) is 40.9. The number of ketones is 1. The smallest absolute Gasteiger partial charge is 0.822 e.